The van der Waals surface area contributed by atoms with Crippen molar-refractivity contribution in [3.05, 3.63) is 17.8 Å². The number of nitrogens with two attached hydrogens (primary N) is 1. The van der Waals surface area contributed by atoms with Gasteiger partial charge in [-0.05, 0) is 12.1 Å². The highest BCUT2D eigenvalue weighted by atomic mass is 19.4. The second-order valence-electron chi connectivity index (χ2n) is 3.12. The van der Waals surface area contributed by atoms with Gasteiger partial charge in [0.05, 0.1) is 0 Å². The molecule has 1 aromatic heterocycles. The minimum Gasteiger partial charge on any atom is -0.382 e. The van der Waals surface area contributed by atoms with E-state index in [0.29, 0.717) is 4.90 Å². The molecule has 2 N–H and O–H groups in total. The van der Waals surface area contributed by atoms with Crippen molar-refractivity contribution in [1.29, 1.82) is 0 Å². The van der Waals surface area contributed by atoms with Gasteiger partial charge in [0.1, 0.15) is 12.4 Å². The number of halogens is 3. The first-order valence-electron chi connectivity index (χ1n) is 4.21. The highest BCUT2D eigenvalue weighted by Crippen LogP contribution is 2.16. The minimum atomic E-state index is -4.44. The Morgan fingerprint density at radius 3 is 2.50 bits per heavy atom. The first kappa shape index (κ1) is 12.2. The van der Waals surface area contributed by atoms with Gasteiger partial charge < -0.3 is 10.6 Å². The summed E-state index contributed by atoms with van der Waals surface area (Å²) in [5.74, 6) is -0.764. The van der Waals surface area contributed by atoms with Gasteiger partial charge in [-0.15, -0.1) is 10.2 Å². The van der Waals surface area contributed by atoms with Gasteiger partial charge in [0.15, 0.2) is 5.69 Å². The lowest BCUT2D eigenvalue weighted by atomic mass is 10.3. The number of carbonyl (C=O) groups is 1. The number of amides is 1. The van der Waals surface area contributed by atoms with Crippen LogP contribution in [-0.4, -0.2) is 40.8 Å². The monoisotopic (exact) mass is 234 g/mol. The van der Waals surface area contributed by atoms with Crippen LogP contribution in [0.3, 0.4) is 0 Å². The van der Waals surface area contributed by atoms with E-state index < -0.39 is 18.6 Å². The first-order chi connectivity index (χ1) is 7.29. The van der Waals surface area contributed by atoms with E-state index >= 15 is 0 Å². The van der Waals surface area contributed by atoms with Crippen molar-refractivity contribution in [2.45, 2.75) is 6.18 Å². The number of rotatable bonds is 2. The number of alkyl halides is 3. The molecule has 0 saturated carbocycles. The van der Waals surface area contributed by atoms with Crippen LogP contribution in [0.15, 0.2) is 12.1 Å². The van der Waals surface area contributed by atoms with Crippen LogP contribution in [0, 0.1) is 0 Å². The number of carbonyl (C=O) groups excluding carboxylic acids is 1. The Hall–Kier alpha value is -1.86. The zero-order valence-electron chi connectivity index (χ0n) is 8.32. The van der Waals surface area contributed by atoms with E-state index in [1.54, 1.807) is 0 Å². The summed E-state index contributed by atoms with van der Waals surface area (Å²) in [6.45, 7) is -1.34. The number of hydrogen-bond donors (Lipinski definition) is 1. The summed E-state index contributed by atoms with van der Waals surface area (Å²) < 4.78 is 36.0. The molecule has 0 bridgehead atoms. The summed E-state index contributed by atoms with van der Waals surface area (Å²) in [6, 6.07) is 2.51. The summed E-state index contributed by atoms with van der Waals surface area (Å²) in [5.41, 5.74) is 5.05. The van der Waals surface area contributed by atoms with E-state index in [2.05, 4.69) is 10.2 Å². The SMILES string of the molecule is CN(CC(F)(F)F)C(=O)c1ccc(N)nn1. The van der Waals surface area contributed by atoms with Crippen LogP contribution in [0.2, 0.25) is 0 Å². The molecule has 0 aliphatic rings. The second kappa shape index (κ2) is 4.33. The Kier molecular flexibility index (Phi) is 3.31. The van der Waals surface area contributed by atoms with E-state index in [1.165, 1.54) is 12.1 Å². The lowest BCUT2D eigenvalue weighted by Crippen LogP contribution is -2.36. The summed E-state index contributed by atoms with van der Waals surface area (Å²) >= 11 is 0. The number of hydrogen-bond acceptors (Lipinski definition) is 4. The number of aromatic nitrogens is 2. The molecule has 1 heterocycles. The Balaban J connectivity index is 2.74. The maximum Gasteiger partial charge on any atom is 0.406 e. The van der Waals surface area contributed by atoms with Crippen molar-refractivity contribution in [1.82, 2.24) is 15.1 Å². The molecule has 0 aromatic carbocycles. The van der Waals surface area contributed by atoms with Crippen LogP contribution in [-0.2, 0) is 0 Å². The molecule has 0 radical (unpaired) electrons. The molecule has 1 rings (SSSR count). The first-order valence-corrected chi connectivity index (χ1v) is 4.21. The zero-order valence-corrected chi connectivity index (χ0v) is 8.32. The normalized spacial score (nSPS) is 11.2. The average molecular weight is 234 g/mol. The number of nitrogens with zero attached hydrogens (tertiary/aromatic N) is 3. The van der Waals surface area contributed by atoms with E-state index in [-0.39, 0.29) is 11.5 Å². The predicted molar refractivity (Wildman–Crippen MR) is 49.5 cm³/mol. The van der Waals surface area contributed by atoms with Crippen molar-refractivity contribution < 1.29 is 18.0 Å². The van der Waals surface area contributed by atoms with Gasteiger partial charge in [-0.3, -0.25) is 4.79 Å². The molecule has 1 aromatic rings. The van der Waals surface area contributed by atoms with Gasteiger partial charge in [-0.25, -0.2) is 0 Å². The van der Waals surface area contributed by atoms with Gasteiger partial charge in [0.2, 0.25) is 0 Å². The van der Waals surface area contributed by atoms with E-state index in [0.717, 1.165) is 7.05 Å². The smallest absolute Gasteiger partial charge is 0.382 e. The fourth-order valence-corrected chi connectivity index (χ4v) is 0.993. The van der Waals surface area contributed by atoms with Crippen LogP contribution in [0.1, 0.15) is 10.5 Å². The molecule has 0 aliphatic heterocycles. The molecule has 0 atom stereocenters. The molecular formula is C8H9F3N4O. The summed E-state index contributed by atoms with van der Waals surface area (Å²) in [4.78, 5) is 11.9. The Morgan fingerprint density at radius 1 is 1.44 bits per heavy atom. The molecule has 88 valence electrons. The quantitative estimate of drug-likeness (QED) is 0.817. The van der Waals surface area contributed by atoms with Crippen molar-refractivity contribution in [3.8, 4) is 0 Å². The maximum absolute atomic E-state index is 12.0. The van der Waals surface area contributed by atoms with Crippen molar-refractivity contribution >= 4 is 11.7 Å². The van der Waals surface area contributed by atoms with Gasteiger partial charge >= 0.3 is 6.18 Å². The molecule has 0 aliphatic carbocycles. The van der Waals surface area contributed by atoms with Crippen LogP contribution in [0.4, 0.5) is 19.0 Å². The third-order valence-electron chi connectivity index (χ3n) is 1.67. The predicted octanol–water partition coefficient (Wildman–Crippen LogP) is 0.693. The van der Waals surface area contributed by atoms with E-state index in [1.807, 2.05) is 0 Å². The molecule has 1 amide bonds. The molecule has 5 nitrogen and oxygen atoms in total. The lowest BCUT2D eigenvalue weighted by molar-refractivity contribution is -0.138. The molecule has 0 unspecified atom stereocenters. The average Bonchev–Trinajstić information content (AvgIpc) is 2.15. The topological polar surface area (TPSA) is 72.1 Å². The molecular weight excluding hydrogens is 225 g/mol. The highest BCUT2D eigenvalue weighted by molar-refractivity contribution is 5.92. The molecule has 0 fully saturated rings. The van der Waals surface area contributed by atoms with Crippen LogP contribution in [0.5, 0.6) is 0 Å². The summed E-state index contributed by atoms with van der Waals surface area (Å²) in [6.07, 6.45) is -4.44. The highest BCUT2D eigenvalue weighted by Gasteiger charge is 2.31. The summed E-state index contributed by atoms with van der Waals surface area (Å²) in [5, 5.41) is 6.77. The van der Waals surface area contributed by atoms with Crippen molar-refractivity contribution in [2.75, 3.05) is 19.3 Å². The van der Waals surface area contributed by atoms with Crippen LogP contribution < -0.4 is 5.73 Å². The van der Waals surface area contributed by atoms with Gasteiger partial charge in [-0.1, -0.05) is 0 Å². The zero-order chi connectivity index (χ0) is 12.3. The number of nitrogen functional groups attached to an aromatic ring is 1. The van der Waals surface area contributed by atoms with Crippen molar-refractivity contribution in [3.63, 3.8) is 0 Å². The number of anilines is 1. The standard InChI is InChI=1S/C8H9F3N4O/c1-15(4-8(9,10)11)7(16)5-2-3-6(12)14-13-5/h2-3H,4H2,1H3,(H2,12,14). The van der Waals surface area contributed by atoms with Gasteiger partial charge in [-0.2, -0.15) is 13.2 Å². The minimum absolute atomic E-state index is 0.0926. The Labute approximate surface area is 89.1 Å². The largest absolute Gasteiger partial charge is 0.406 e. The third kappa shape index (κ3) is 3.37. The van der Waals surface area contributed by atoms with Gasteiger partial charge in [0.25, 0.3) is 5.91 Å². The van der Waals surface area contributed by atoms with Crippen LogP contribution in [0.25, 0.3) is 0 Å². The molecule has 16 heavy (non-hydrogen) atoms. The Bertz CT molecular complexity index is 376. The fraction of sp³-hybridized carbons (Fsp3) is 0.375. The molecule has 0 spiro atoms. The van der Waals surface area contributed by atoms with Crippen molar-refractivity contribution in [2.24, 2.45) is 0 Å². The lowest BCUT2D eigenvalue weighted by Gasteiger charge is -2.17. The van der Waals surface area contributed by atoms with Crippen LogP contribution >= 0.6 is 0 Å². The maximum atomic E-state index is 12.0. The van der Waals surface area contributed by atoms with E-state index in [9.17, 15) is 18.0 Å². The fourth-order valence-electron chi connectivity index (χ4n) is 0.993. The van der Waals surface area contributed by atoms with Gasteiger partial charge in [0, 0.05) is 7.05 Å². The molecule has 0 saturated heterocycles. The Morgan fingerprint density at radius 2 is 2.06 bits per heavy atom. The van der Waals surface area contributed by atoms with E-state index in [4.69, 9.17) is 5.73 Å². The second-order valence-corrected chi connectivity index (χ2v) is 3.12. The third-order valence-corrected chi connectivity index (χ3v) is 1.67. The summed E-state index contributed by atoms with van der Waals surface area (Å²) in [7, 11) is 1.04. The molecule has 8 heteroatoms.